The highest BCUT2D eigenvalue weighted by molar-refractivity contribution is 7.18. The molecule has 118 valence electrons. The summed E-state index contributed by atoms with van der Waals surface area (Å²) in [6, 6.07) is 6.39. The van der Waals surface area contributed by atoms with E-state index in [1.54, 1.807) is 17.7 Å². The smallest absolute Gasteiger partial charge is 0.140 e. The molecule has 3 aromatic rings. The summed E-state index contributed by atoms with van der Waals surface area (Å²) in [4.78, 5) is 20.3. The van der Waals surface area contributed by atoms with Gasteiger partial charge < -0.3 is 4.90 Å². The number of aromatic nitrogens is 3. The summed E-state index contributed by atoms with van der Waals surface area (Å²) in [5.41, 5.74) is 1.33. The lowest BCUT2D eigenvalue weighted by molar-refractivity contribution is 0.249. The minimum absolute atomic E-state index is 0.993. The van der Waals surface area contributed by atoms with Crippen molar-refractivity contribution >= 4 is 27.4 Å². The lowest BCUT2D eigenvalue weighted by Crippen LogP contribution is -2.46. The van der Waals surface area contributed by atoms with E-state index in [0.29, 0.717) is 0 Å². The number of aryl methyl sites for hydroxylation is 1. The van der Waals surface area contributed by atoms with Crippen LogP contribution in [0.4, 0.5) is 5.82 Å². The van der Waals surface area contributed by atoms with Crippen LogP contribution >= 0.6 is 11.3 Å². The molecule has 0 N–H and O–H groups in total. The summed E-state index contributed by atoms with van der Waals surface area (Å²) in [5.74, 6) is 1.09. The molecule has 5 nitrogen and oxygen atoms in total. The van der Waals surface area contributed by atoms with Gasteiger partial charge in [0.25, 0.3) is 0 Å². The van der Waals surface area contributed by atoms with Crippen LogP contribution in [0.1, 0.15) is 10.4 Å². The SMILES string of the molecule is Cc1cc2c(N3CCN(Cc4ccncc4)CC3)ncnc2s1. The fraction of sp³-hybridized carbons (Fsp3) is 0.353. The molecule has 23 heavy (non-hydrogen) atoms. The van der Waals surface area contributed by atoms with Crippen molar-refractivity contribution in [3.8, 4) is 0 Å². The Kier molecular flexibility index (Phi) is 3.93. The first kappa shape index (κ1) is 14.5. The lowest BCUT2D eigenvalue weighted by Gasteiger charge is -2.35. The Balaban J connectivity index is 1.46. The highest BCUT2D eigenvalue weighted by Gasteiger charge is 2.20. The largest absolute Gasteiger partial charge is 0.353 e. The maximum absolute atomic E-state index is 4.55. The Morgan fingerprint density at radius 3 is 2.65 bits per heavy atom. The summed E-state index contributed by atoms with van der Waals surface area (Å²) in [7, 11) is 0. The molecule has 0 saturated carbocycles. The predicted molar refractivity (Wildman–Crippen MR) is 93.9 cm³/mol. The van der Waals surface area contributed by atoms with Gasteiger partial charge in [0, 0.05) is 50.0 Å². The number of fused-ring (bicyclic) bond motifs is 1. The Morgan fingerprint density at radius 1 is 1.09 bits per heavy atom. The minimum Gasteiger partial charge on any atom is -0.353 e. The van der Waals surface area contributed by atoms with Gasteiger partial charge in [-0.3, -0.25) is 9.88 Å². The second-order valence-corrected chi connectivity index (χ2v) is 7.13. The number of hydrogen-bond acceptors (Lipinski definition) is 6. The van der Waals surface area contributed by atoms with Gasteiger partial charge in [0.05, 0.1) is 5.39 Å². The molecular formula is C17H19N5S. The third-order valence-corrected chi connectivity index (χ3v) is 5.22. The van der Waals surface area contributed by atoms with Gasteiger partial charge in [-0.2, -0.15) is 0 Å². The minimum atomic E-state index is 0.993. The van der Waals surface area contributed by atoms with Gasteiger partial charge in [-0.25, -0.2) is 9.97 Å². The third-order valence-electron chi connectivity index (χ3n) is 4.26. The number of pyridine rings is 1. The van der Waals surface area contributed by atoms with Crippen LogP contribution in [0.3, 0.4) is 0 Å². The molecule has 0 bridgehead atoms. The van der Waals surface area contributed by atoms with E-state index in [9.17, 15) is 0 Å². The van der Waals surface area contributed by atoms with Crippen molar-refractivity contribution in [2.45, 2.75) is 13.5 Å². The van der Waals surface area contributed by atoms with Crippen molar-refractivity contribution in [2.24, 2.45) is 0 Å². The van der Waals surface area contributed by atoms with E-state index in [4.69, 9.17) is 0 Å². The molecule has 1 aliphatic rings. The van der Waals surface area contributed by atoms with E-state index in [1.165, 1.54) is 15.8 Å². The van der Waals surface area contributed by atoms with Crippen LogP contribution in [0.5, 0.6) is 0 Å². The van der Waals surface area contributed by atoms with Gasteiger partial charge >= 0.3 is 0 Å². The first-order valence-corrected chi connectivity index (χ1v) is 8.68. The monoisotopic (exact) mass is 325 g/mol. The summed E-state index contributed by atoms with van der Waals surface area (Å²) in [6.45, 7) is 7.24. The van der Waals surface area contributed by atoms with Gasteiger partial charge in [-0.15, -0.1) is 11.3 Å². The fourth-order valence-corrected chi connectivity index (χ4v) is 3.92. The summed E-state index contributed by atoms with van der Waals surface area (Å²) >= 11 is 1.74. The Labute approximate surface area is 139 Å². The van der Waals surface area contributed by atoms with Gasteiger partial charge in [-0.05, 0) is 30.7 Å². The Hall–Kier alpha value is -2.05. The quantitative estimate of drug-likeness (QED) is 0.741. The number of nitrogens with zero attached hydrogens (tertiary/aromatic N) is 5. The molecule has 0 unspecified atom stereocenters. The second kappa shape index (κ2) is 6.22. The molecule has 0 aromatic carbocycles. The number of hydrogen-bond donors (Lipinski definition) is 0. The average molecular weight is 325 g/mol. The van der Waals surface area contributed by atoms with E-state index in [2.05, 4.69) is 49.9 Å². The van der Waals surface area contributed by atoms with Crippen LogP contribution in [0.25, 0.3) is 10.2 Å². The highest BCUT2D eigenvalue weighted by Crippen LogP contribution is 2.30. The van der Waals surface area contributed by atoms with Crippen molar-refractivity contribution in [1.82, 2.24) is 19.9 Å². The fourth-order valence-electron chi connectivity index (χ4n) is 3.08. The van der Waals surface area contributed by atoms with Crippen LogP contribution < -0.4 is 4.90 Å². The van der Waals surface area contributed by atoms with E-state index in [1.807, 2.05) is 12.4 Å². The first-order valence-electron chi connectivity index (χ1n) is 7.87. The maximum Gasteiger partial charge on any atom is 0.140 e. The van der Waals surface area contributed by atoms with Crippen molar-refractivity contribution < 1.29 is 0 Å². The van der Waals surface area contributed by atoms with E-state index in [-0.39, 0.29) is 0 Å². The number of thiophene rings is 1. The summed E-state index contributed by atoms with van der Waals surface area (Å²) in [6.07, 6.45) is 5.42. The molecule has 3 aromatic heterocycles. The van der Waals surface area contributed by atoms with Crippen LogP contribution in [0.2, 0.25) is 0 Å². The molecule has 4 rings (SSSR count). The Morgan fingerprint density at radius 2 is 1.87 bits per heavy atom. The molecule has 1 fully saturated rings. The third kappa shape index (κ3) is 3.04. The average Bonchev–Trinajstić information content (AvgIpc) is 2.97. The molecule has 0 spiro atoms. The van der Waals surface area contributed by atoms with Crippen molar-refractivity contribution in [3.05, 3.63) is 47.4 Å². The summed E-state index contributed by atoms with van der Waals surface area (Å²) < 4.78 is 0. The topological polar surface area (TPSA) is 45.2 Å². The summed E-state index contributed by atoms with van der Waals surface area (Å²) in [5, 5.41) is 1.19. The van der Waals surface area contributed by atoms with Crippen LogP contribution in [-0.4, -0.2) is 46.0 Å². The molecule has 0 radical (unpaired) electrons. The zero-order valence-corrected chi connectivity index (χ0v) is 14.0. The number of rotatable bonds is 3. The van der Waals surface area contributed by atoms with Crippen molar-refractivity contribution in [3.63, 3.8) is 0 Å². The van der Waals surface area contributed by atoms with E-state index in [0.717, 1.165) is 43.4 Å². The van der Waals surface area contributed by atoms with Gasteiger partial charge in [0.1, 0.15) is 17.0 Å². The molecule has 0 amide bonds. The number of anilines is 1. The predicted octanol–water partition coefficient (Wildman–Crippen LogP) is 2.72. The van der Waals surface area contributed by atoms with Crippen LogP contribution in [0, 0.1) is 6.92 Å². The first-order chi connectivity index (χ1) is 11.3. The number of piperazine rings is 1. The molecule has 1 saturated heterocycles. The molecule has 6 heteroatoms. The molecular weight excluding hydrogens is 306 g/mol. The highest BCUT2D eigenvalue weighted by atomic mass is 32.1. The molecule has 0 atom stereocenters. The van der Waals surface area contributed by atoms with Gasteiger partial charge in [0.2, 0.25) is 0 Å². The van der Waals surface area contributed by atoms with E-state index >= 15 is 0 Å². The molecule has 4 heterocycles. The van der Waals surface area contributed by atoms with Crippen molar-refractivity contribution in [2.75, 3.05) is 31.1 Å². The van der Waals surface area contributed by atoms with Crippen LogP contribution in [0.15, 0.2) is 36.9 Å². The zero-order chi connectivity index (χ0) is 15.6. The zero-order valence-electron chi connectivity index (χ0n) is 13.1. The Bertz CT molecular complexity index is 793. The second-order valence-electron chi connectivity index (χ2n) is 5.89. The normalized spacial score (nSPS) is 16.1. The standard InChI is InChI=1S/C17H19N5S/c1-13-10-15-16(19-12-20-17(15)23-13)22-8-6-21(7-9-22)11-14-2-4-18-5-3-14/h2-5,10,12H,6-9,11H2,1H3. The maximum atomic E-state index is 4.55. The van der Waals surface area contributed by atoms with Crippen LogP contribution in [-0.2, 0) is 6.54 Å². The lowest BCUT2D eigenvalue weighted by atomic mass is 10.2. The van der Waals surface area contributed by atoms with Gasteiger partial charge in [0.15, 0.2) is 0 Å². The molecule has 0 aliphatic carbocycles. The molecule has 1 aliphatic heterocycles. The van der Waals surface area contributed by atoms with Crippen molar-refractivity contribution in [1.29, 1.82) is 0 Å². The van der Waals surface area contributed by atoms with E-state index < -0.39 is 0 Å². The van der Waals surface area contributed by atoms with Gasteiger partial charge in [-0.1, -0.05) is 0 Å².